The highest BCUT2D eigenvalue weighted by Crippen LogP contribution is 2.29. The average Bonchev–Trinajstić information content (AvgIpc) is 2.55. The van der Waals surface area contributed by atoms with E-state index in [9.17, 15) is 13.2 Å². The lowest BCUT2D eigenvalue weighted by Crippen LogP contribution is -2.32. The van der Waals surface area contributed by atoms with E-state index in [2.05, 4.69) is 0 Å². The summed E-state index contributed by atoms with van der Waals surface area (Å²) >= 11 is 11.8. The molecule has 0 heterocycles. The van der Waals surface area contributed by atoms with E-state index in [1.807, 2.05) is 6.92 Å². The van der Waals surface area contributed by atoms with Crippen molar-refractivity contribution in [1.29, 1.82) is 0 Å². The third-order valence-electron chi connectivity index (χ3n) is 3.55. The van der Waals surface area contributed by atoms with Gasteiger partial charge in [0.1, 0.15) is 0 Å². The Hall–Kier alpha value is -1.76. The van der Waals surface area contributed by atoms with Crippen molar-refractivity contribution in [2.45, 2.75) is 24.7 Å². The molecule has 0 atom stereocenters. The van der Waals surface area contributed by atoms with Gasteiger partial charge in [-0.15, -0.1) is 0 Å². The predicted molar refractivity (Wildman–Crippen MR) is 99.0 cm³/mol. The van der Waals surface area contributed by atoms with Crippen molar-refractivity contribution in [2.24, 2.45) is 0 Å². The summed E-state index contributed by atoms with van der Waals surface area (Å²) in [7, 11) is -3.91. The summed E-state index contributed by atoms with van der Waals surface area (Å²) < 4.78 is 27.3. The van der Waals surface area contributed by atoms with Gasteiger partial charge in [0.2, 0.25) is 0 Å². The van der Waals surface area contributed by atoms with E-state index in [1.165, 1.54) is 22.5 Å². The lowest BCUT2D eigenvalue weighted by atomic mass is 10.2. The number of aliphatic carboxylic acids is 1. The zero-order valence-corrected chi connectivity index (χ0v) is 15.8. The van der Waals surface area contributed by atoms with Crippen LogP contribution < -0.4 is 4.31 Å². The minimum atomic E-state index is -3.91. The van der Waals surface area contributed by atoms with Crippen molar-refractivity contribution in [2.75, 3.05) is 10.8 Å². The number of aryl methyl sites for hydroxylation is 1. The molecule has 0 aliphatic carbocycles. The average molecular weight is 402 g/mol. The van der Waals surface area contributed by atoms with Crippen LogP contribution in [0.4, 0.5) is 5.69 Å². The van der Waals surface area contributed by atoms with Crippen LogP contribution in [-0.4, -0.2) is 26.0 Å². The minimum Gasteiger partial charge on any atom is -0.481 e. The number of rotatable bonds is 7. The topological polar surface area (TPSA) is 74.7 Å². The lowest BCUT2D eigenvalue weighted by Gasteiger charge is -2.24. The summed E-state index contributed by atoms with van der Waals surface area (Å²) in [6.07, 6.45) is 0.0585. The molecule has 2 aromatic rings. The van der Waals surface area contributed by atoms with Gasteiger partial charge in [-0.1, -0.05) is 40.9 Å². The zero-order valence-electron chi connectivity index (χ0n) is 13.4. The van der Waals surface area contributed by atoms with Gasteiger partial charge < -0.3 is 5.11 Å². The highest BCUT2D eigenvalue weighted by Gasteiger charge is 2.25. The fourth-order valence-corrected chi connectivity index (χ4v) is 4.13. The highest BCUT2D eigenvalue weighted by molar-refractivity contribution is 7.92. The zero-order chi connectivity index (χ0) is 18.6. The van der Waals surface area contributed by atoms with Crippen LogP contribution in [0, 0.1) is 6.92 Å². The molecule has 0 aliphatic heterocycles. The lowest BCUT2D eigenvalue weighted by molar-refractivity contribution is -0.137. The van der Waals surface area contributed by atoms with E-state index in [0.29, 0.717) is 5.69 Å². The van der Waals surface area contributed by atoms with Crippen molar-refractivity contribution in [3.63, 3.8) is 0 Å². The number of hydrogen-bond acceptors (Lipinski definition) is 3. The summed E-state index contributed by atoms with van der Waals surface area (Å²) in [6, 6.07) is 11.0. The number of sulfonamides is 1. The second-order valence-electron chi connectivity index (χ2n) is 5.49. The van der Waals surface area contributed by atoms with Crippen LogP contribution in [-0.2, 0) is 14.8 Å². The molecule has 0 radical (unpaired) electrons. The van der Waals surface area contributed by atoms with Gasteiger partial charge in [-0.3, -0.25) is 9.10 Å². The smallest absolute Gasteiger partial charge is 0.303 e. The van der Waals surface area contributed by atoms with Crippen LogP contribution in [0.3, 0.4) is 0 Å². The van der Waals surface area contributed by atoms with Gasteiger partial charge in [-0.05, 0) is 43.7 Å². The molecule has 0 saturated heterocycles. The Labute approximate surface area is 156 Å². The second kappa shape index (κ2) is 8.08. The van der Waals surface area contributed by atoms with Crippen LogP contribution in [0.15, 0.2) is 47.4 Å². The van der Waals surface area contributed by atoms with Gasteiger partial charge in [0, 0.05) is 13.0 Å². The van der Waals surface area contributed by atoms with E-state index in [0.717, 1.165) is 5.56 Å². The Morgan fingerprint density at radius 3 is 2.28 bits per heavy atom. The molecule has 0 spiro atoms. The number of benzene rings is 2. The molecule has 2 aromatic carbocycles. The monoisotopic (exact) mass is 401 g/mol. The van der Waals surface area contributed by atoms with E-state index in [-0.39, 0.29) is 34.3 Å². The Morgan fingerprint density at radius 2 is 1.72 bits per heavy atom. The molecule has 25 heavy (non-hydrogen) atoms. The predicted octanol–water partition coefficient (Wildman–Crippen LogP) is 4.36. The van der Waals surface area contributed by atoms with Crippen LogP contribution in [0.25, 0.3) is 0 Å². The first-order valence-corrected chi connectivity index (χ1v) is 9.67. The molecule has 8 heteroatoms. The van der Waals surface area contributed by atoms with Crippen LogP contribution in [0.5, 0.6) is 0 Å². The maximum atomic E-state index is 13.0. The first-order chi connectivity index (χ1) is 11.7. The maximum absolute atomic E-state index is 13.0. The number of anilines is 1. The van der Waals surface area contributed by atoms with E-state index >= 15 is 0 Å². The summed E-state index contributed by atoms with van der Waals surface area (Å²) in [5, 5.41) is 9.21. The fraction of sp³-hybridized carbons (Fsp3) is 0.235. The van der Waals surface area contributed by atoms with E-state index < -0.39 is 16.0 Å². The van der Waals surface area contributed by atoms with Crippen molar-refractivity contribution in [3.8, 4) is 0 Å². The fourth-order valence-electron chi connectivity index (χ4n) is 2.24. The largest absolute Gasteiger partial charge is 0.481 e. The molecule has 0 fully saturated rings. The standard InChI is InChI=1S/C17H17Cl2NO4S/c1-12-4-6-13(7-5-12)20(10-2-3-17(21)22)25(23,24)14-8-9-15(18)16(19)11-14/h4-9,11H,2-3,10H2,1H3,(H,21,22). The number of halogens is 2. The normalized spacial score (nSPS) is 11.3. The van der Waals surface area contributed by atoms with Gasteiger partial charge in [0.05, 0.1) is 20.6 Å². The number of carboxylic acids is 1. The first kappa shape index (κ1) is 19.6. The number of hydrogen-bond donors (Lipinski definition) is 1. The van der Waals surface area contributed by atoms with Gasteiger partial charge in [0.25, 0.3) is 10.0 Å². The second-order valence-corrected chi connectivity index (χ2v) is 8.16. The van der Waals surface area contributed by atoms with E-state index in [1.54, 1.807) is 24.3 Å². The van der Waals surface area contributed by atoms with Crippen molar-refractivity contribution in [3.05, 3.63) is 58.1 Å². The Morgan fingerprint density at radius 1 is 1.08 bits per heavy atom. The number of nitrogens with zero attached hydrogens (tertiary/aromatic N) is 1. The maximum Gasteiger partial charge on any atom is 0.303 e. The molecule has 0 aliphatic rings. The van der Waals surface area contributed by atoms with Crippen molar-refractivity contribution in [1.82, 2.24) is 0 Å². The summed E-state index contributed by atoms with van der Waals surface area (Å²) in [5.41, 5.74) is 1.45. The summed E-state index contributed by atoms with van der Waals surface area (Å²) in [5.74, 6) is -0.976. The van der Waals surface area contributed by atoms with Crippen LogP contribution >= 0.6 is 23.2 Å². The van der Waals surface area contributed by atoms with Crippen LogP contribution in [0.1, 0.15) is 18.4 Å². The minimum absolute atomic E-state index is 0.00204. The quantitative estimate of drug-likeness (QED) is 0.747. The van der Waals surface area contributed by atoms with Crippen molar-refractivity contribution < 1.29 is 18.3 Å². The van der Waals surface area contributed by atoms with Gasteiger partial charge >= 0.3 is 5.97 Å². The molecule has 2 rings (SSSR count). The van der Waals surface area contributed by atoms with E-state index in [4.69, 9.17) is 28.3 Å². The Bertz CT molecular complexity index is 867. The molecule has 0 aromatic heterocycles. The first-order valence-electron chi connectivity index (χ1n) is 7.48. The molecule has 0 bridgehead atoms. The molecule has 5 nitrogen and oxygen atoms in total. The number of carboxylic acid groups (broad SMARTS) is 1. The van der Waals surface area contributed by atoms with Gasteiger partial charge in [0.15, 0.2) is 0 Å². The molecule has 134 valence electrons. The summed E-state index contributed by atoms with van der Waals surface area (Å²) in [4.78, 5) is 10.8. The molecule has 0 saturated carbocycles. The Balaban J connectivity index is 2.42. The van der Waals surface area contributed by atoms with Crippen LogP contribution in [0.2, 0.25) is 10.0 Å². The highest BCUT2D eigenvalue weighted by atomic mass is 35.5. The van der Waals surface area contributed by atoms with Gasteiger partial charge in [-0.25, -0.2) is 8.42 Å². The molecule has 0 amide bonds. The molecular formula is C17H17Cl2NO4S. The van der Waals surface area contributed by atoms with Gasteiger partial charge in [-0.2, -0.15) is 0 Å². The molecule has 0 unspecified atom stereocenters. The summed E-state index contributed by atoms with van der Waals surface area (Å²) in [6.45, 7) is 1.93. The van der Waals surface area contributed by atoms with Crippen molar-refractivity contribution >= 4 is 44.9 Å². The third kappa shape index (κ3) is 4.87. The SMILES string of the molecule is Cc1ccc(N(CCCC(=O)O)S(=O)(=O)c2ccc(Cl)c(Cl)c2)cc1. The Kier molecular flexibility index (Phi) is 6.32. The third-order valence-corrected chi connectivity index (χ3v) is 6.12. The molecule has 1 N–H and O–H groups in total. The number of carbonyl (C=O) groups is 1. The molecular weight excluding hydrogens is 385 g/mol.